The van der Waals surface area contributed by atoms with Gasteiger partial charge >= 0.3 is 5.97 Å². The fourth-order valence-corrected chi connectivity index (χ4v) is 1.69. The number of hydrogen-bond donors (Lipinski definition) is 3. The highest BCUT2D eigenvalue weighted by Gasteiger charge is 2.12. The molecule has 0 amide bonds. The van der Waals surface area contributed by atoms with Crippen LogP contribution in [-0.4, -0.2) is 27.8 Å². The molecule has 0 bridgehead atoms. The molecular formula is C12H14N4O3. The van der Waals surface area contributed by atoms with Crippen molar-refractivity contribution >= 4 is 17.3 Å². The lowest BCUT2D eigenvalue weighted by atomic mass is 10.1. The molecule has 1 aromatic heterocycles. The molecule has 0 aliphatic rings. The standard InChI is InChI=1S/C12H14N4O3/c1-7-15-10(16-19-7)5-6-14-11-8(12(17)18)3-2-4-9(11)13/h2-4,14H,5-6,13H2,1H3,(H,17,18). The summed E-state index contributed by atoms with van der Waals surface area (Å²) >= 11 is 0. The molecule has 7 nitrogen and oxygen atoms in total. The third-order valence-electron chi connectivity index (χ3n) is 2.55. The molecule has 0 saturated carbocycles. The van der Waals surface area contributed by atoms with Crippen molar-refractivity contribution < 1.29 is 14.4 Å². The molecule has 0 aliphatic carbocycles. The highest BCUT2D eigenvalue weighted by atomic mass is 16.5. The topological polar surface area (TPSA) is 114 Å². The summed E-state index contributed by atoms with van der Waals surface area (Å²) in [5.74, 6) is 0.0435. The maximum Gasteiger partial charge on any atom is 0.337 e. The molecule has 7 heteroatoms. The van der Waals surface area contributed by atoms with Crippen LogP contribution in [0.5, 0.6) is 0 Å². The number of benzene rings is 1. The number of para-hydroxylation sites is 1. The SMILES string of the molecule is Cc1nc(CCNc2c(N)cccc2C(=O)O)no1. The summed E-state index contributed by atoms with van der Waals surface area (Å²) in [6.07, 6.45) is 0.519. The van der Waals surface area contributed by atoms with Crippen molar-refractivity contribution in [3.05, 3.63) is 35.5 Å². The minimum atomic E-state index is -1.02. The van der Waals surface area contributed by atoms with Crippen molar-refractivity contribution in [1.29, 1.82) is 0 Å². The van der Waals surface area contributed by atoms with Crippen LogP contribution in [0.2, 0.25) is 0 Å². The molecule has 4 N–H and O–H groups in total. The smallest absolute Gasteiger partial charge is 0.337 e. The normalized spacial score (nSPS) is 10.4. The Morgan fingerprint density at radius 2 is 2.32 bits per heavy atom. The van der Waals surface area contributed by atoms with Crippen LogP contribution in [0, 0.1) is 6.92 Å². The molecular weight excluding hydrogens is 248 g/mol. The number of aromatic carboxylic acids is 1. The number of anilines is 2. The lowest BCUT2D eigenvalue weighted by Gasteiger charge is -2.11. The number of nitrogens with one attached hydrogen (secondary N) is 1. The van der Waals surface area contributed by atoms with Gasteiger partial charge in [0.25, 0.3) is 0 Å². The predicted molar refractivity (Wildman–Crippen MR) is 69.0 cm³/mol. The van der Waals surface area contributed by atoms with Gasteiger partial charge in [-0.15, -0.1) is 0 Å². The molecule has 0 saturated heterocycles. The van der Waals surface area contributed by atoms with E-state index in [1.165, 1.54) is 6.07 Å². The molecule has 1 aromatic carbocycles. The van der Waals surface area contributed by atoms with Gasteiger partial charge in [0, 0.05) is 19.9 Å². The monoisotopic (exact) mass is 262 g/mol. The number of aryl methyl sites for hydroxylation is 1. The Bertz CT molecular complexity index is 594. The van der Waals surface area contributed by atoms with Crippen LogP contribution in [0.15, 0.2) is 22.7 Å². The van der Waals surface area contributed by atoms with E-state index in [9.17, 15) is 4.79 Å². The summed E-state index contributed by atoms with van der Waals surface area (Å²) in [6.45, 7) is 2.18. The molecule has 100 valence electrons. The number of carbonyl (C=O) groups is 1. The van der Waals surface area contributed by atoms with Gasteiger partial charge in [-0.2, -0.15) is 4.98 Å². The Kier molecular flexibility index (Phi) is 3.65. The Labute approximate surface area is 109 Å². The average Bonchev–Trinajstić information content (AvgIpc) is 2.77. The molecule has 0 fully saturated rings. The first-order valence-electron chi connectivity index (χ1n) is 5.73. The molecule has 0 radical (unpaired) electrons. The van der Waals surface area contributed by atoms with Crippen LogP contribution >= 0.6 is 0 Å². The van der Waals surface area contributed by atoms with Crippen molar-refractivity contribution in [3.63, 3.8) is 0 Å². The first-order chi connectivity index (χ1) is 9.08. The van der Waals surface area contributed by atoms with Crippen molar-refractivity contribution in [2.24, 2.45) is 0 Å². The fourth-order valence-electron chi connectivity index (χ4n) is 1.69. The lowest BCUT2D eigenvalue weighted by molar-refractivity contribution is 0.0698. The number of carboxylic acid groups (broad SMARTS) is 1. The van der Waals surface area contributed by atoms with Crippen LogP contribution in [0.25, 0.3) is 0 Å². The first kappa shape index (κ1) is 12.9. The van der Waals surface area contributed by atoms with E-state index in [1.54, 1.807) is 19.1 Å². The van der Waals surface area contributed by atoms with Crippen LogP contribution in [0.1, 0.15) is 22.1 Å². The maximum absolute atomic E-state index is 11.1. The Hall–Kier alpha value is -2.57. The summed E-state index contributed by atoms with van der Waals surface area (Å²) in [7, 11) is 0. The molecule has 2 aromatic rings. The molecule has 1 heterocycles. The molecule has 2 rings (SSSR count). The van der Waals surface area contributed by atoms with Crippen molar-refractivity contribution in [2.45, 2.75) is 13.3 Å². The number of rotatable bonds is 5. The number of nitrogens with zero attached hydrogens (tertiary/aromatic N) is 2. The second-order valence-corrected chi connectivity index (χ2v) is 3.98. The average molecular weight is 262 g/mol. The predicted octanol–water partition coefficient (Wildman–Crippen LogP) is 1.31. The maximum atomic E-state index is 11.1. The minimum Gasteiger partial charge on any atom is -0.478 e. The third kappa shape index (κ3) is 3.01. The molecule has 0 atom stereocenters. The Morgan fingerprint density at radius 1 is 1.53 bits per heavy atom. The van der Waals surface area contributed by atoms with E-state index in [1.807, 2.05) is 0 Å². The van der Waals surface area contributed by atoms with Gasteiger partial charge in [-0.3, -0.25) is 0 Å². The highest BCUT2D eigenvalue weighted by molar-refractivity contribution is 5.97. The number of aromatic nitrogens is 2. The van der Waals surface area contributed by atoms with Gasteiger partial charge in [0.15, 0.2) is 5.82 Å². The zero-order valence-electron chi connectivity index (χ0n) is 10.4. The van der Waals surface area contributed by atoms with Gasteiger partial charge < -0.3 is 20.7 Å². The second-order valence-electron chi connectivity index (χ2n) is 3.98. The van der Waals surface area contributed by atoms with Crippen molar-refractivity contribution in [2.75, 3.05) is 17.6 Å². The zero-order valence-corrected chi connectivity index (χ0v) is 10.4. The molecule has 19 heavy (non-hydrogen) atoms. The lowest BCUT2D eigenvalue weighted by Crippen LogP contribution is -2.12. The van der Waals surface area contributed by atoms with Crippen LogP contribution in [0.3, 0.4) is 0 Å². The zero-order chi connectivity index (χ0) is 13.8. The van der Waals surface area contributed by atoms with Gasteiger partial charge in [0.1, 0.15) is 0 Å². The summed E-state index contributed by atoms with van der Waals surface area (Å²) in [5, 5.41) is 15.8. The Morgan fingerprint density at radius 3 is 2.95 bits per heavy atom. The minimum absolute atomic E-state index is 0.143. The van der Waals surface area contributed by atoms with E-state index in [0.29, 0.717) is 36.1 Å². The van der Waals surface area contributed by atoms with E-state index in [2.05, 4.69) is 15.5 Å². The summed E-state index contributed by atoms with van der Waals surface area (Å²) in [4.78, 5) is 15.1. The van der Waals surface area contributed by atoms with Crippen molar-refractivity contribution in [1.82, 2.24) is 10.1 Å². The van der Waals surface area contributed by atoms with E-state index in [-0.39, 0.29) is 5.56 Å². The number of nitrogens with two attached hydrogens (primary N) is 1. The Balaban J connectivity index is 2.05. The third-order valence-corrected chi connectivity index (χ3v) is 2.55. The summed E-state index contributed by atoms with van der Waals surface area (Å²) in [5.41, 5.74) is 6.72. The number of carboxylic acids is 1. The van der Waals surface area contributed by atoms with Crippen molar-refractivity contribution in [3.8, 4) is 0 Å². The van der Waals surface area contributed by atoms with Crippen LogP contribution in [-0.2, 0) is 6.42 Å². The van der Waals surface area contributed by atoms with Gasteiger partial charge in [0.2, 0.25) is 5.89 Å². The molecule has 0 unspecified atom stereocenters. The molecule has 0 spiro atoms. The van der Waals surface area contributed by atoms with E-state index >= 15 is 0 Å². The van der Waals surface area contributed by atoms with Gasteiger partial charge in [0.05, 0.1) is 16.9 Å². The summed E-state index contributed by atoms with van der Waals surface area (Å²) in [6, 6.07) is 4.75. The van der Waals surface area contributed by atoms with E-state index < -0.39 is 5.97 Å². The van der Waals surface area contributed by atoms with Gasteiger partial charge in [-0.25, -0.2) is 4.79 Å². The second kappa shape index (κ2) is 5.38. The molecule has 0 aliphatic heterocycles. The summed E-state index contributed by atoms with van der Waals surface area (Å²) < 4.78 is 4.85. The highest BCUT2D eigenvalue weighted by Crippen LogP contribution is 2.23. The van der Waals surface area contributed by atoms with Gasteiger partial charge in [-0.05, 0) is 12.1 Å². The first-order valence-corrected chi connectivity index (χ1v) is 5.73. The number of nitrogen functional groups attached to an aromatic ring is 1. The largest absolute Gasteiger partial charge is 0.478 e. The van der Waals surface area contributed by atoms with Crippen LogP contribution in [0.4, 0.5) is 11.4 Å². The van der Waals surface area contributed by atoms with E-state index in [0.717, 1.165) is 0 Å². The van der Waals surface area contributed by atoms with Gasteiger partial charge in [-0.1, -0.05) is 11.2 Å². The quantitative estimate of drug-likeness (QED) is 0.696. The van der Waals surface area contributed by atoms with E-state index in [4.69, 9.17) is 15.4 Å². The number of hydrogen-bond acceptors (Lipinski definition) is 6. The fraction of sp³-hybridized carbons (Fsp3) is 0.250. The van der Waals surface area contributed by atoms with Crippen LogP contribution < -0.4 is 11.1 Å².